The van der Waals surface area contributed by atoms with Gasteiger partial charge in [0.2, 0.25) is 5.91 Å². The van der Waals surface area contributed by atoms with E-state index in [9.17, 15) is 58.8 Å². The Morgan fingerprint density at radius 2 is 0.828 bits per heavy atom. The molecule has 4 heterocycles. The molecule has 28 atom stereocenters. The second-order valence-corrected chi connectivity index (χ2v) is 34.7. The minimum Gasteiger partial charge on any atom is -0.469 e. The molecule has 0 aromatic heterocycles. The van der Waals surface area contributed by atoms with Crippen LogP contribution >= 0.6 is 47.0 Å². The Morgan fingerprint density at radius 3 is 1.16 bits per heavy atom. The SMILES string of the molecule is CCCCS[C@H]1C2C(=O)O[C@@H]3CC[C@H](C[C@@H]1C)[C@]23O.COC(=O)[C@@H](C)CCS[C@H]1C2C(=O)O[C@@H]3CC[C@H](C[C@@H]1C)[C@]23O.COC(=O)[C@@H](C)CS[C@H]1C2C(=O)O[C@@H]3CC[C@H](C[C@@H]1C)[C@]23O.COC(=O)[C@H](CS[C@H]1C2C(=O)O[C@@H]3CC[C@H](C[C@@H]1C)[C@]23O)NC(=O)[C@@H](N)C(C)C. The van der Waals surface area contributed by atoms with Crippen molar-refractivity contribution >= 4 is 94.7 Å². The summed E-state index contributed by atoms with van der Waals surface area (Å²) in [6.07, 6.45) is 12.4. The standard InChI is InChI=1S/C20H32N2O6S.C17H26O5S.C16H24O5S.C15H24O3S/c1-9(2)15(21)17(23)22-12(18(24)27-4)8-29-16-10(3)7-11-5-6-13-20(11,26)14(16)19(25)28-13;1-9(15(18)21-3)6-7-23-14-10(2)8-11-4-5-12-17(11,20)13(14)16(19)22-12;1-8-6-10-4-5-11-16(10,19)12(15(18)21-11)13(8)22-7-9(2)14(17)20-3;1-3-4-7-19-13-9(2)8-10-5-6-11-15(10,17)12(13)14(16)18-11/h9-16,26H,5-8,21H2,1-4H3,(H,22,23);9-14,20H,4-8H2,1-3H3;8-13,19H,4-7H2,1-3H3;9-13,17H,3-8H2,1-2H3/t10-,11+,12-,13+,14?,15-,16+,20+;9-,10-,11+,12+,13?,14+,17+;8-,9-,10+,11+,12?,13+,16+;9-,10+,11+,12?,13+,15+/m0000/s1. The average Bonchev–Trinajstić information content (AvgIpc) is 1.60. The maximum atomic E-state index is 12.6. The monoisotopic (exact) mass is 1380 g/mol. The lowest BCUT2D eigenvalue weighted by Gasteiger charge is -2.44. The van der Waals surface area contributed by atoms with Crippen molar-refractivity contribution in [3.63, 3.8) is 0 Å². The number of methoxy groups -OCH3 is 3. The highest BCUT2D eigenvalue weighted by Crippen LogP contribution is 2.62. The maximum absolute atomic E-state index is 12.6. The molecule has 0 bridgehead atoms. The number of unbranched alkanes of at least 4 members (excludes halogenated alkanes) is 1. The van der Waals surface area contributed by atoms with Gasteiger partial charge in [0.25, 0.3) is 0 Å². The first kappa shape index (κ1) is 74.2. The molecule has 25 heteroatoms. The molecule has 7 N–H and O–H groups in total. The molecule has 526 valence electrons. The molecule has 8 saturated carbocycles. The molecule has 0 aromatic rings. The molecule has 1 amide bonds. The fourth-order valence-corrected chi connectivity index (χ4v) is 25.1. The zero-order valence-electron chi connectivity index (χ0n) is 56.5. The van der Waals surface area contributed by atoms with Gasteiger partial charge in [-0.15, -0.1) is 0 Å². The van der Waals surface area contributed by atoms with Gasteiger partial charge in [-0.2, -0.15) is 47.0 Å². The predicted molar refractivity (Wildman–Crippen MR) is 353 cm³/mol. The van der Waals surface area contributed by atoms with Crippen molar-refractivity contribution in [2.24, 2.45) is 94.5 Å². The molecule has 4 unspecified atom stereocenters. The number of esters is 7. The minimum absolute atomic E-state index is 0.00366. The molecule has 0 spiro atoms. The Bertz CT molecular complexity index is 2730. The van der Waals surface area contributed by atoms with Gasteiger partial charge in [0.15, 0.2) is 0 Å². The molecule has 4 saturated heterocycles. The fourth-order valence-electron chi connectivity index (χ4n) is 18.5. The van der Waals surface area contributed by atoms with E-state index < -0.39 is 70.2 Å². The van der Waals surface area contributed by atoms with Crippen LogP contribution in [0.1, 0.15) is 159 Å². The lowest BCUT2D eigenvalue weighted by molar-refractivity contribution is -0.146. The molecular weight excluding hydrogens is 1280 g/mol. The van der Waals surface area contributed by atoms with E-state index >= 15 is 0 Å². The maximum Gasteiger partial charge on any atom is 0.329 e. The van der Waals surface area contributed by atoms with Gasteiger partial charge in [0, 0.05) is 32.5 Å². The number of aliphatic hydroxyl groups is 4. The Morgan fingerprint density at radius 1 is 0.505 bits per heavy atom. The highest BCUT2D eigenvalue weighted by Gasteiger charge is 2.72. The normalized spacial score (nSPS) is 42.7. The molecule has 21 nitrogen and oxygen atoms in total. The van der Waals surface area contributed by atoms with Crippen molar-refractivity contribution in [1.82, 2.24) is 5.32 Å². The van der Waals surface area contributed by atoms with Crippen LogP contribution < -0.4 is 11.1 Å². The third-order valence-electron chi connectivity index (χ3n) is 23.7. The average molecular weight is 1380 g/mol. The third kappa shape index (κ3) is 13.9. The van der Waals surface area contributed by atoms with E-state index in [0.717, 1.165) is 82.1 Å². The molecule has 0 aromatic carbocycles. The Kier molecular flexibility index (Phi) is 24.1. The van der Waals surface area contributed by atoms with Gasteiger partial charge < -0.3 is 64.6 Å². The molecular formula is C68H106N2O19S4. The Labute approximate surface area is 566 Å². The summed E-state index contributed by atoms with van der Waals surface area (Å²) in [5.41, 5.74) is 1.96. The lowest BCUT2D eigenvalue weighted by atomic mass is 9.66. The summed E-state index contributed by atoms with van der Waals surface area (Å²) < 4.78 is 36.3. The molecule has 12 fully saturated rings. The quantitative estimate of drug-likeness (QED) is 0.0420. The van der Waals surface area contributed by atoms with Crippen LogP contribution in [0.2, 0.25) is 0 Å². The summed E-state index contributed by atoms with van der Waals surface area (Å²) >= 11 is 6.60. The van der Waals surface area contributed by atoms with Crippen LogP contribution in [0, 0.1) is 88.8 Å². The van der Waals surface area contributed by atoms with Crippen LogP contribution in [0.25, 0.3) is 0 Å². The number of ether oxygens (including phenoxy) is 7. The van der Waals surface area contributed by atoms with Gasteiger partial charge in [-0.1, -0.05) is 68.7 Å². The number of hydrogen-bond donors (Lipinski definition) is 6. The van der Waals surface area contributed by atoms with Crippen molar-refractivity contribution < 1.29 is 91.9 Å². The number of hydrogen-bond acceptors (Lipinski definition) is 24. The summed E-state index contributed by atoms with van der Waals surface area (Å²) in [6.45, 7) is 18.1. The van der Waals surface area contributed by atoms with Crippen LogP contribution in [-0.4, -0.2) is 192 Å². The van der Waals surface area contributed by atoms with Crippen molar-refractivity contribution in [2.75, 3.05) is 44.3 Å². The van der Waals surface area contributed by atoms with E-state index in [1.807, 2.05) is 39.5 Å². The van der Waals surface area contributed by atoms with Gasteiger partial charge in [-0.05, 0) is 155 Å². The first-order chi connectivity index (χ1) is 44.0. The third-order valence-corrected chi connectivity index (χ3v) is 30.4. The molecule has 93 heavy (non-hydrogen) atoms. The summed E-state index contributed by atoms with van der Waals surface area (Å²) in [5, 5.41) is 47.5. The largest absolute Gasteiger partial charge is 0.469 e. The van der Waals surface area contributed by atoms with Gasteiger partial charge in [0.05, 0.1) is 39.2 Å². The van der Waals surface area contributed by atoms with Gasteiger partial charge in [0.1, 0.15) is 76.5 Å². The van der Waals surface area contributed by atoms with Crippen LogP contribution in [0.3, 0.4) is 0 Å². The van der Waals surface area contributed by atoms with Crippen molar-refractivity contribution in [2.45, 2.75) is 239 Å². The molecule has 12 rings (SSSR count). The number of amides is 1. The topological polar surface area (TPSA) is 320 Å². The second kappa shape index (κ2) is 30.2. The molecule has 4 aliphatic heterocycles. The fraction of sp³-hybridized carbons (Fsp3) is 0.882. The smallest absolute Gasteiger partial charge is 0.329 e. The van der Waals surface area contributed by atoms with Gasteiger partial charge in [-0.25, -0.2) is 4.79 Å². The summed E-state index contributed by atoms with van der Waals surface area (Å²) in [6, 6.07) is -1.61. The number of rotatable bonds is 20. The molecule has 8 aliphatic carbocycles. The van der Waals surface area contributed by atoms with E-state index in [4.69, 9.17) is 38.9 Å². The molecule has 12 aliphatic rings. The van der Waals surface area contributed by atoms with E-state index in [1.54, 1.807) is 23.5 Å². The predicted octanol–water partition coefficient (Wildman–Crippen LogP) is 6.69. The van der Waals surface area contributed by atoms with Gasteiger partial charge in [-0.3, -0.25) is 33.6 Å². The van der Waals surface area contributed by atoms with Crippen LogP contribution in [0.15, 0.2) is 0 Å². The second-order valence-electron chi connectivity index (χ2n) is 29.7. The van der Waals surface area contributed by atoms with Gasteiger partial charge >= 0.3 is 41.8 Å². The highest BCUT2D eigenvalue weighted by molar-refractivity contribution is 8.00. The van der Waals surface area contributed by atoms with E-state index in [0.29, 0.717) is 36.3 Å². The molecule has 0 radical (unpaired) electrons. The van der Waals surface area contributed by atoms with Crippen molar-refractivity contribution in [1.29, 1.82) is 0 Å². The minimum atomic E-state index is -1.12. The van der Waals surface area contributed by atoms with E-state index in [1.165, 1.54) is 45.9 Å². The van der Waals surface area contributed by atoms with Crippen molar-refractivity contribution in [3.8, 4) is 0 Å². The number of nitrogens with two attached hydrogens (primary N) is 1. The Balaban J connectivity index is 0.000000148. The number of carbonyl (C=O) groups excluding carboxylic acids is 8. The van der Waals surface area contributed by atoms with E-state index in [-0.39, 0.29) is 134 Å². The van der Waals surface area contributed by atoms with E-state index in [2.05, 4.69) is 39.9 Å². The summed E-state index contributed by atoms with van der Waals surface area (Å²) in [5.74, 6) is 0.162. The highest BCUT2D eigenvalue weighted by atomic mass is 32.2. The van der Waals surface area contributed by atoms with Crippen molar-refractivity contribution in [3.05, 3.63) is 0 Å². The zero-order valence-corrected chi connectivity index (χ0v) is 59.8. The van der Waals surface area contributed by atoms with Crippen LogP contribution in [0.4, 0.5) is 0 Å². The van der Waals surface area contributed by atoms with Crippen LogP contribution in [0.5, 0.6) is 0 Å². The Hall–Kier alpha value is -3.04. The number of carbonyl (C=O) groups is 8. The first-order valence-electron chi connectivity index (χ1n) is 34.4. The van der Waals surface area contributed by atoms with Crippen LogP contribution in [-0.2, 0) is 71.5 Å². The number of thioether (sulfide) groups is 4. The summed E-state index contributed by atoms with van der Waals surface area (Å²) in [7, 11) is 4.06. The lowest BCUT2D eigenvalue weighted by Crippen LogP contribution is -2.56. The first-order valence-corrected chi connectivity index (χ1v) is 38.6. The summed E-state index contributed by atoms with van der Waals surface area (Å²) in [4.78, 5) is 97.0. The zero-order chi connectivity index (χ0) is 68.0. The number of nitrogens with one attached hydrogen (secondary N) is 1.